The Labute approximate surface area is 210 Å². The first-order valence-electron chi connectivity index (χ1n) is 11.6. The van der Waals surface area contributed by atoms with Crippen molar-refractivity contribution in [1.29, 1.82) is 0 Å². The van der Waals surface area contributed by atoms with Gasteiger partial charge in [-0.05, 0) is 61.0 Å². The number of fused-ring (bicyclic) bond motifs is 1. The van der Waals surface area contributed by atoms with Gasteiger partial charge in [0.2, 0.25) is 5.91 Å². The number of para-hydroxylation sites is 1. The molecular weight excluding hydrogens is 460 g/mol. The van der Waals surface area contributed by atoms with Crippen LogP contribution in [0.2, 0.25) is 0 Å². The fourth-order valence-corrected chi connectivity index (χ4v) is 3.71. The largest absolute Gasteiger partial charge is 0.493 e. The third kappa shape index (κ3) is 6.15. The van der Waals surface area contributed by atoms with E-state index in [2.05, 4.69) is 5.32 Å². The van der Waals surface area contributed by atoms with E-state index in [-0.39, 0.29) is 18.4 Å². The van der Waals surface area contributed by atoms with Crippen LogP contribution >= 0.6 is 0 Å². The van der Waals surface area contributed by atoms with Gasteiger partial charge in [-0.3, -0.25) is 9.59 Å². The predicted octanol–water partition coefficient (Wildman–Crippen LogP) is 4.55. The summed E-state index contributed by atoms with van der Waals surface area (Å²) >= 11 is 0. The molecule has 0 spiro atoms. The number of hydrogen-bond donors (Lipinski definition) is 1. The number of amides is 2. The summed E-state index contributed by atoms with van der Waals surface area (Å²) in [6.07, 6.45) is 3.12. The van der Waals surface area contributed by atoms with Crippen LogP contribution < -0.4 is 29.2 Å². The topological polar surface area (TPSA) is 86.3 Å². The molecule has 8 nitrogen and oxygen atoms in total. The predicted molar refractivity (Wildman–Crippen MR) is 138 cm³/mol. The molecule has 0 saturated heterocycles. The highest BCUT2D eigenvalue weighted by Gasteiger charge is 2.26. The van der Waals surface area contributed by atoms with Gasteiger partial charge in [0.15, 0.2) is 18.1 Å². The Hall–Kier alpha value is -4.46. The van der Waals surface area contributed by atoms with E-state index in [0.29, 0.717) is 48.4 Å². The van der Waals surface area contributed by atoms with Crippen molar-refractivity contribution in [2.24, 2.45) is 0 Å². The van der Waals surface area contributed by atoms with Crippen molar-refractivity contribution >= 4 is 29.3 Å². The molecule has 0 atom stereocenters. The Morgan fingerprint density at radius 1 is 1.06 bits per heavy atom. The number of nitrogens with one attached hydrogen (secondary N) is 1. The van der Waals surface area contributed by atoms with Crippen LogP contribution in [0.25, 0.3) is 6.08 Å². The minimum Gasteiger partial charge on any atom is -0.493 e. The maximum absolute atomic E-state index is 12.6. The van der Waals surface area contributed by atoms with E-state index < -0.39 is 0 Å². The highest BCUT2D eigenvalue weighted by Crippen LogP contribution is 2.34. The molecule has 2 amide bonds. The van der Waals surface area contributed by atoms with E-state index in [1.165, 1.54) is 6.08 Å². The zero-order valence-electron chi connectivity index (χ0n) is 20.2. The molecule has 0 unspecified atom stereocenters. The summed E-state index contributed by atoms with van der Waals surface area (Å²) in [5.41, 5.74) is 1.92. The lowest BCUT2D eigenvalue weighted by Crippen LogP contribution is -2.41. The van der Waals surface area contributed by atoms with E-state index in [1.54, 1.807) is 48.4 Å². The number of rotatable bonds is 10. The number of methoxy groups -OCH3 is 1. The first-order chi connectivity index (χ1) is 17.6. The first kappa shape index (κ1) is 24.7. The number of anilines is 2. The lowest BCUT2D eigenvalue weighted by molar-refractivity contribution is -0.121. The molecule has 8 heteroatoms. The molecule has 0 radical (unpaired) electrons. The Balaban J connectivity index is 1.42. The zero-order chi connectivity index (χ0) is 25.3. The van der Waals surface area contributed by atoms with E-state index in [4.69, 9.17) is 18.9 Å². The Bertz CT molecular complexity index is 1240. The van der Waals surface area contributed by atoms with Crippen LogP contribution in [0, 0.1) is 0 Å². The number of nitrogens with zero attached hydrogens (tertiary/aromatic N) is 1. The van der Waals surface area contributed by atoms with Crippen molar-refractivity contribution in [2.75, 3.05) is 43.7 Å². The Morgan fingerprint density at radius 2 is 1.89 bits per heavy atom. The van der Waals surface area contributed by atoms with Crippen LogP contribution in [0.4, 0.5) is 11.4 Å². The van der Waals surface area contributed by atoms with Gasteiger partial charge in [-0.2, -0.15) is 0 Å². The highest BCUT2D eigenvalue weighted by atomic mass is 16.5. The van der Waals surface area contributed by atoms with Crippen LogP contribution in [-0.2, 0) is 9.59 Å². The Kier molecular flexibility index (Phi) is 8.08. The quantitative estimate of drug-likeness (QED) is 0.422. The third-order valence-corrected chi connectivity index (χ3v) is 5.41. The van der Waals surface area contributed by atoms with Crippen molar-refractivity contribution in [3.05, 3.63) is 78.4 Å². The second kappa shape index (κ2) is 11.8. The lowest BCUT2D eigenvalue weighted by Gasteiger charge is -2.29. The average molecular weight is 489 g/mol. The van der Waals surface area contributed by atoms with Gasteiger partial charge in [0.25, 0.3) is 5.91 Å². The van der Waals surface area contributed by atoms with Crippen LogP contribution in [-0.4, -0.2) is 45.3 Å². The maximum Gasteiger partial charge on any atom is 0.265 e. The molecule has 4 rings (SSSR count). The van der Waals surface area contributed by atoms with Gasteiger partial charge >= 0.3 is 0 Å². The molecule has 0 fully saturated rings. The van der Waals surface area contributed by atoms with Crippen molar-refractivity contribution in [3.8, 4) is 23.0 Å². The Morgan fingerprint density at radius 3 is 2.67 bits per heavy atom. The summed E-state index contributed by atoms with van der Waals surface area (Å²) in [7, 11) is 1.57. The molecule has 0 aliphatic carbocycles. The molecule has 0 aromatic heterocycles. The van der Waals surface area contributed by atoms with Crippen LogP contribution in [0.15, 0.2) is 72.8 Å². The molecule has 0 bridgehead atoms. The minimum atomic E-state index is -0.315. The van der Waals surface area contributed by atoms with Gasteiger partial charge < -0.3 is 29.2 Å². The molecular formula is C28H28N2O6. The molecule has 1 aliphatic heterocycles. The van der Waals surface area contributed by atoms with Crippen LogP contribution in [0.1, 0.15) is 12.5 Å². The van der Waals surface area contributed by atoms with E-state index >= 15 is 0 Å². The smallest absolute Gasteiger partial charge is 0.265 e. The highest BCUT2D eigenvalue weighted by molar-refractivity contribution is 6.03. The minimum absolute atomic E-state index is 0.0433. The number of ether oxygens (including phenoxy) is 4. The van der Waals surface area contributed by atoms with Gasteiger partial charge in [0, 0.05) is 11.8 Å². The fraction of sp³-hybridized carbons (Fsp3) is 0.214. The summed E-state index contributed by atoms with van der Waals surface area (Å²) in [4.78, 5) is 26.7. The van der Waals surface area contributed by atoms with Crippen molar-refractivity contribution in [1.82, 2.24) is 0 Å². The monoisotopic (exact) mass is 488 g/mol. The summed E-state index contributed by atoms with van der Waals surface area (Å²) in [5, 5.41) is 2.83. The van der Waals surface area contributed by atoms with Crippen molar-refractivity contribution < 1.29 is 28.5 Å². The number of carbonyl (C=O) groups is 2. The molecule has 186 valence electrons. The molecule has 36 heavy (non-hydrogen) atoms. The lowest BCUT2D eigenvalue weighted by atomic mass is 10.1. The summed E-state index contributed by atoms with van der Waals surface area (Å²) in [5.74, 6) is 2.05. The average Bonchev–Trinajstić information content (AvgIpc) is 2.90. The summed E-state index contributed by atoms with van der Waals surface area (Å²) in [6, 6.07) is 20.1. The van der Waals surface area contributed by atoms with Gasteiger partial charge in [0.1, 0.15) is 18.1 Å². The van der Waals surface area contributed by atoms with E-state index in [1.807, 2.05) is 43.3 Å². The molecule has 0 saturated carbocycles. The van der Waals surface area contributed by atoms with Gasteiger partial charge in [-0.1, -0.05) is 24.3 Å². The van der Waals surface area contributed by atoms with Gasteiger partial charge in [0.05, 0.1) is 25.9 Å². The number of carbonyl (C=O) groups excluding carboxylic acids is 2. The molecule has 1 aliphatic rings. The summed E-state index contributed by atoms with van der Waals surface area (Å²) in [6.45, 7) is 3.06. The second-order valence-electron chi connectivity index (χ2n) is 7.84. The van der Waals surface area contributed by atoms with Crippen molar-refractivity contribution in [3.63, 3.8) is 0 Å². The maximum atomic E-state index is 12.6. The SMILES string of the molecule is CCOc1ccc(/C=C/C(=O)Nc2ccc3c(c2)N(CCOc2ccccc2)C(=O)CO3)cc1OC. The van der Waals surface area contributed by atoms with Crippen LogP contribution in [0.3, 0.4) is 0 Å². The van der Waals surface area contributed by atoms with E-state index in [9.17, 15) is 9.59 Å². The second-order valence-corrected chi connectivity index (χ2v) is 7.84. The van der Waals surface area contributed by atoms with Gasteiger partial charge in [-0.25, -0.2) is 0 Å². The van der Waals surface area contributed by atoms with E-state index in [0.717, 1.165) is 11.3 Å². The summed E-state index contributed by atoms with van der Waals surface area (Å²) < 4.78 is 22.2. The fourth-order valence-electron chi connectivity index (χ4n) is 3.71. The molecule has 3 aromatic carbocycles. The third-order valence-electron chi connectivity index (χ3n) is 5.41. The normalized spacial score (nSPS) is 12.6. The number of benzene rings is 3. The molecule has 3 aromatic rings. The van der Waals surface area contributed by atoms with Crippen molar-refractivity contribution in [2.45, 2.75) is 6.92 Å². The first-order valence-corrected chi connectivity index (χ1v) is 11.6. The number of hydrogen-bond acceptors (Lipinski definition) is 6. The van der Waals surface area contributed by atoms with Crippen LogP contribution in [0.5, 0.6) is 23.0 Å². The van der Waals surface area contributed by atoms with Gasteiger partial charge in [-0.15, -0.1) is 0 Å². The zero-order valence-corrected chi connectivity index (χ0v) is 20.2. The molecule has 1 N–H and O–H groups in total. The standard InChI is InChI=1S/C28H28N2O6/c1-3-34-25-12-9-20(17-26(25)33-2)10-14-27(31)29-21-11-13-24-23(18-21)30(28(32)19-36-24)15-16-35-22-7-5-4-6-8-22/h4-14,17-18H,3,15-16,19H2,1-2H3,(H,29,31)/b14-10+. The molecule has 1 heterocycles.